The first-order valence-electron chi connectivity index (χ1n) is 7.77. The Balaban J connectivity index is 1.56. The van der Waals surface area contributed by atoms with E-state index in [1.54, 1.807) is 25.7 Å². The van der Waals surface area contributed by atoms with E-state index in [0.717, 1.165) is 24.4 Å². The normalized spacial score (nSPS) is 11.0. The van der Waals surface area contributed by atoms with Crippen molar-refractivity contribution in [1.82, 2.24) is 24.5 Å². The standard InChI is InChI=1S/C18H17N5O/c1-24-18-21-11-14(12-22-18)17-19-7-9-23(17)8-6-13-10-20-16-5-3-2-4-15(13)16/h2-5,7,9-12,20H,6,8H2,1H3. The van der Waals surface area contributed by atoms with Crippen molar-refractivity contribution < 1.29 is 4.74 Å². The summed E-state index contributed by atoms with van der Waals surface area (Å²) in [5, 5.41) is 1.27. The van der Waals surface area contributed by atoms with Crippen LogP contribution in [0.2, 0.25) is 0 Å². The van der Waals surface area contributed by atoms with Crippen LogP contribution < -0.4 is 4.74 Å². The number of fused-ring (bicyclic) bond motifs is 1. The molecule has 0 aliphatic rings. The lowest BCUT2D eigenvalue weighted by molar-refractivity contribution is 0.380. The number of benzene rings is 1. The van der Waals surface area contributed by atoms with Crippen LogP contribution in [-0.4, -0.2) is 31.6 Å². The zero-order chi connectivity index (χ0) is 16.4. The SMILES string of the molecule is COc1ncc(-c2nccn2CCc2c[nH]c3ccccc23)cn1. The maximum absolute atomic E-state index is 5.00. The van der Waals surface area contributed by atoms with Gasteiger partial charge in [0.25, 0.3) is 0 Å². The predicted octanol–water partition coefficient (Wildman–Crippen LogP) is 3.07. The fourth-order valence-electron chi connectivity index (χ4n) is 2.87. The summed E-state index contributed by atoms with van der Waals surface area (Å²) in [6.45, 7) is 0.837. The van der Waals surface area contributed by atoms with E-state index in [4.69, 9.17) is 4.74 Å². The highest BCUT2D eigenvalue weighted by Gasteiger charge is 2.09. The second-order valence-corrected chi connectivity index (χ2v) is 5.51. The monoisotopic (exact) mass is 319 g/mol. The number of rotatable bonds is 5. The van der Waals surface area contributed by atoms with Crippen molar-refractivity contribution in [3.05, 3.63) is 60.8 Å². The highest BCUT2D eigenvalue weighted by molar-refractivity contribution is 5.83. The molecule has 0 spiro atoms. The Hall–Kier alpha value is -3.15. The van der Waals surface area contributed by atoms with Crippen molar-refractivity contribution in [3.63, 3.8) is 0 Å². The van der Waals surface area contributed by atoms with Crippen LogP contribution in [0.25, 0.3) is 22.3 Å². The molecule has 0 bridgehead atoms. The van der Waals surface area contributed by atoms with Crippen LogP contribution in [0.1, 0.15) is 5.56 Å². The van der Waals surface area contributed by atoms with Gasteiger partial charge in [0.2, 0.25) is 0 Å². The number of methoxy groups -OCH3 is 1. The molecule has 0 saturated carbocycles. The van der Waals surface area contributed by atoms with E-state index in [-0.39, 0.29) is 0 Å². The summed E-state index contributed by atoms with van der Waals surface area (Å²) in [6.07, 6.45) is 10.2. The smallest absolute Gasteiger partial charge is 0.316 e. The number of hydrogen-bond acceptors (Lipinski definition) is 4. The first-order chi connectivity index (χ1) is 11.8. The van der Waals surface area contributed by atoms with E-state index in [0.29, 0.717) is 6.01 Å². The first-order valence-corrected chi connectivity index (χ1v) is 7.77. The Kier molecular flexibility index (Phi) is 3.70. The number of hydrogen-bond donors (Lipinski definition) is 1. The van der Waals surface area contributed by atoms with Crippen LogP contribution in [0.15, 0.2) is 55.2 Å². The molecule has 0 amide bonds. The summed E-state index contributed by atoms with van der Waals surface area (Å²) in [4.78, 5) is 16.1. The van der Waals surface area contributed by atoms with E-state index in [9.17, 15) is 0 Å². The molecule has 3 heterocycles. The lowest BCUT2D eigenvalue weighted by Gasteiger charge is -2.07. The van der Waals surface area contributed by atoms with Crippen LogP contribution in [-0.2, 0) is 13.0 Å². The molecule has 0 fully saturated rings. The second kappa shape index (κ2) is 6.16. The van der Waals surface area contributed by atoms with Crippen LogP contribution in [0.5, 0.6) is 6.01 Å². The van der Waals surface area contributed by atoms with E-state index in [1.165, 1.54) is 16.5 Å². The van der Waals surface area contributed by atoms with Gasteiger partial charge < -0.3 is 14.3 Å². The van der Waals surface area contributed by atoms with Gasteiger partial charge in [-0.2, -0.15) is 0 Å². The Morgan fingerprint density at radius 3 is 2.79 bits per heavy atom. The minimum Gasteiger partial charge on any atom is -0.467 e. The van der Waals surface area contributed by atoms with Crippen LogP contribution in [0, 0.1) is 0 Å². The van der Waals surface area contributed by atoms with E-state index in [2.05, 4.69) is 48.9 Å². The van der Waals surface area contributed by atoms with E-state index >= 15 is 0 Å². The maximum Gasteiger partial charge on any atom is 0.316 e. The average molecular weight is 319 g/mol. The molecule has 24 heavy (non-hydrogen) atoms. The molecule has 0 radical (unpaired) electrons. The number of aromatic amines is 1. The van der Waals surface area contributed by atoms with Crippen LogP contribution in [0.3, 0.4) is 0 Å². The Labute approximate surface area is 139 Å². The number of ether oxygens (including phenoxy) is 1. The summed E-state index contributed by atoms with van der Waals surface area (Å²) in [6, 6.07) is 8.71. The number of nitrogens with zero attached hydrogens (tertiary/aromatic N) is 4. The number of aryl methyl sites for hydroxylation is 2. The molecule has 0 aliphatic heterocycles. The third kappa shape index (κ3) is 2.62. The van der Waals surface area contributed by atoms with Crippen LogP contribution >= 0.6 is 0 Å². The lowest BCUT2D eigenvalue weighted by Crippen LogP contribution is -2.03. The fourth-order valence-corrected chi connectivity index (χ4v) is 2.87. The molecule has 6 nitrogen and oxygen atoms in total. The average Bonchev–Trinajstić information content (AvgIpc) is 3.27. The van der Waals surface area contributed by atoms with Gasteiger partial charge >= 0.3 is 6.01 Å². The maximum atomic E-state index is 5.00. The Bertz CT molecular complexity index is 955. The molecule has 0 unspecified atom stereocenters. The van der Waals surface area contributed by atoms with Crippen molar-refractivity contribution in [2.75, 3.05) is 7.11 Å². The van der Waals surface area contributed by atoms with Gasteiger partial charge in [0, 0.05) is 48.4 Å². The van der Waals surface area contributed by atoms with Gasteiger partial charge in [0.1, 0.15) is 5.82 Å². The number of imidazole rings is 1. The summed E-state index contributed by atoms with van der Waals surface area (Å²) in [5.74, 6) is 0.859. The molecule has 1 aromatic carbocycles. The molecule has 4 rings (SSSR count). The lowest BCUT2D eigenvalue weighted by atomic mass is 10.1. The summed E-state index contributed by atoms with van der Waals surface area (Å²) < 4.78 is 7.12. The third-order valence-electron chi connectivity index (χ3n) is 4.08. The third-order valence-corrected chi connectivity index (χ3v) is 4.08. The second-order valence-electron chi connectivity index (χ2n) is 5.51. The number of H-pyrrole nitrogens is 1. The predicted molar refractivity (Wildman–Crippen MR) is 91.8 cm³/mol. The van der Waals surface area contributed by atoms with Crippen molar-refractivity contribution in [3.8, 4) is 17.4 Å². The van der Waals surface area contributed by atoms with Gasteiger partial charge in [0.05, 0.1) is 12.7 Å². The number of aromatic nitrogens is 5. The summed E-state index contributed by atoms with van der Waals surface area (Å²) >= 11 is 0. The fraction of sp³-hybridized carbons (Fsp3) is 0.167. The quantitative estimate of drug-likeness (QED) is 0.614. The summed E-state index contributed by atoms with van der Waals surface area (Å²) in [5.41, 5.74) is 3.35. The molecule has 120 valence electrons. The highest BCUT2D eigenvalue weighted by Crippen LogP contribution is 2.21. The molecule has 1 N–H and O–H groups in total. The van der Waals surface area contributed by atoms with Crippen molar-refractivity contribution in [1.29, 1.82) is 0 Å². The first kappa shape index (κ1) is 14.4. The van der Waals surface area contributed by atoms with Gasteiger partial charge in [-0.3, -0.25) is 0 Å². The van der Waals surface area contributed by atoms with E-state index in [1.807, 2.05) is 12.3 Å². The molecule has 0 saturated heterocycles. The molecular formula is C18H17N5O. The Morgan fingerprint density at radius 2 is 1.96 bits per heavy atom. The van der Waals surface area contributed by atoms with Crippen molar-refractivity contribution in [2.45, 2.75) is 13.0 Å². The molecular weight excluding hydrogens is 302 g/mol. The van der Waals surface area contributed by atoms with Gasteiger partial charge in [-0.05, 0) is 18.1 Å². The molecule has 3 aromatic heterocycles. The van der Waals surface area contributed by atoms with Crippen LogP contribution in [0.4, 0.5) is 0 Å². The topological polar surface area (TPSA) is 68.6 Å². The zero-order valence-corrected chi connectivity index (χ0v) is 13.3. The largest absolute Gasteiger partial charge is 0.467 e. The van der Waals surface area contributed by atoms with Gasteiger partial charge in [-0.1, -0.05) is 18.2 Å². The van der Waals surface area contributed by atoms with Crippen molar-refractivity contribution >= 4 is 10.9 Å². The van der Waals surface area contributed by atoms with Gasteiger partial charge in [-0.15, -0.1) is 0 Å². The number of nitrogens with one attached hydrogen (secondary N) is 1. The summed E-state index contributed by atoms with van der Waals surface area (Å²) in [7, 11) is 1.55. The van der Waals surface area contributed by atoms with Crippen molar-refractivity contribution in [2.24, 2.45) is 0 Å². The number of para-hydroxylation sites is 1. The van der Waals surface area contributed by atoms with Gasteiger partial charge in [-0.25, -0.2) is 15.0 Å². The zero-order valence-electron chi connectivity index (χ0n) is 13.3. The minimum atomic E-state index is 0.357. The molecule has 0 aliphatic carbocycles. The van der Waals surface area contributed by atoms with Gasteiger partial charge in [0.15, 0.2) is 0 Å². The Morgan fingerprint density at radius 1 is 1.12 bits per heavy atom. The van der Waals surface area contributed by atoms with E-state index < -0.39 is 0 Å². The molecule has 0 atom stereocenters. The molecule has 4 aromatic rings. The highest BCUT2D eigenvalue weighted by atomic mass is 16.5. The molecule has 6 heteroatoms. The minimum absolute atomic E-state index is 0.357.